The molecule has 0 fully saturated rings. The van der Waals surface area contributed by atoms with Crippen molar-refractivity contribution >= 4 is 35.1 Å². The molecule has 0 atom stereocenters. The van der Waals surface area contributed by atoms with Crippen molar-refractivity contribution < 1.29 is 19.1 Å². The summed E-state index contributed by atoms with van der Waals surface area (Å²) in [6, 6.07) is 13.2. The predicted octanol–water partition coefficient (Wildman–Crippen LogP) is 6.26. The molecule has 0 unspecified atom stereocenters. The van der Waals surface area contributed by atoms with Crippen LogP contribution in [0.2, 0.25) is 0 Å². The highest BCUT2D eigenvalue weighted by Crippen LogP contribution is 2.26. The molecule has 0 heterocycles. The van der Waals surface area contributed by atoms with Gasteiger partial charge in [-0.25, -0.2) is 18.2 Å². The van der Waals surface area contributed by atoms with Crippen LogP contribution in [0.1, 0.15) is 45.4 Å². The van der Waals surface area contributed by atoms with Crippen LogP contribution in [0, 0.1) is 0 Å². The number of hydrogen-bond acceptors (Lipinski definition) is 5. The quantitative estimate of drug-likeness (QED) is 0.336. The summed E-state index contributed by atoms with van der Waals surface area (Å²) < 4.78 is 13.3. The number of hydrogen-bond donors (Lipinski definition) is 0. The van der Waals surface area contributed by atoms with E-state index >= 15 is 0 Å². The predicted molar refractivity (Wildman–Crippen MR) is 118 cm³/mol. The summed E-state index contributed by atoms with van der Waals surface area (Å²) in [4.78, 5) is 24.5. The van der Waals surface area contributed by atoms with Crippen LogP contribution >= 0.6 is 12.1 Å². The fourth-order valence-electron chi connectivity index (χ4n) is 2.83. The molecule has 2 aromatic carbocycles. The Morgan fingerprint density at radius 2 is 1.52 bits per heavy atom. The lowest BCUT2D eigenvalue weighted by atomic mass is 10.1. The summed E-state index contributed by atoms with van der Waals surface area (Å²) in [6.07, 6.45) is 5.72. The van der Waals surface area contributed by atoms with E-state index in [0.717, 1.165) is 35.7 Å². The molecule has 0 N–H and O–H groups in total. The molecule has 0 bridgehead atoms. The summed E-state index contributed by atoms with van der Waals surface area (Å²) >= 11 is 0.933. The van der Waals surface area contributed by atoms with Crippen LogP contribution in [0.5, 0.6) is 5.75 Å². The highest BCUT2D eigenvalue weighted by molar-refractivity contribution is 7.95. The van der Waals surface area contributed by atoms with Gasteiger partial charge in [0.25, 0.3) is 0 Å². The minimum atomic E-state index is -0.568. The molecule has 0 saturated heterocycles. The summed E-state index contributed by atoms with van der Waals surface area (Å²) in [5, 5.41) is 1.84. The number of benzene rings is 2. The van der Waals surface area contributed by atoms with Crippen molar-refractivity contribution in [2.24, 2.45) is 0 Å². The largest absolute Gasteiger partial charge is 0.449 e. The molecule has 2 rings (SSSR count). The van der Waals surface area contributed by atoms with Crippen LogP contribution in [-0.4, -0.2) is 41.5 Å². The first-order valence-corrected chi connectivity index (χ1v) is 10.8. The lowest BCUT2D eigenvalue weighted by molar-refractivity contribution is 0.129. The Balaban J connectivity index is 1.76. The van der Waals surface area contributed by atoms with E-state index in [1.165, 1.54) is 34.3 Å². The van der Waals surface area contributed by atoms with Crippen molar-refractivity contribution in [2.75, 3.05) is 20.7 Å². The smallest absolute Gasteiger partial charge is 0.426 e. The zero-order chi connectivity index (χ0) is 21.1. The topological polar surface area (TPSA) is 59.1 Å². The maximum Gasteiger partial charge on any atom is 0.426 e. The normalized spacial score (nSPS) is 10.6. The third kappa shape index (κ3) is 7.49. The number of nitrogens with zero attached hydrogens (tertiary/aromatic N) is 2. The van der Waals surface area contributed by atoms with E-state index in [4.69, 9.17) is 9.47 Å². The third-order valence-corrected chi connectivity index (χ3v) is 5.22. The average Bonchev–Trinajstić information content (AvgIpc) is 2.73. The number of ether oxygens (including phenoxy) is 2. The first-order valence-electron chi connectivity index (χ1n) is 10.0. The highest BCUT2D eigenvalue weighted by Gasteiger charge is 2.19. The third-order valence-electron chi connectivity index (χ3n) is 4.43. The van der Waals surface area contributed by atoms with Gasteiger partial charge in [-0.05, 0) is 17.9 Å². The van der Waals surface area contributed by atoms with Crippen LogP contribution in [0.25, 0.3) is 10.8 Å². The molecular formula is C22H30N2O4S. The van der Waals surface area contributed by atoms with E-state index < -0.39 is 12.2 Å². The van der Waals surface area contributed by atoms with Gasteiger partial charge in [0.05, 0.1) is 18.7 Å². The molecule has 6 nitrogen and oxygen atoms in total. The highest BCUT2D eigenvalue weighted by atomic mass is 32.2. The van der Waals surface area contributed by atoms with Crippen molar-refractivity contribution in [1.82, 2.24) is 8.61 Å². The van der Waals surface area contributed by atoms with Crippen molar-refractivity contribution in [3.63, 3.8) is 0 Å². The first kappa shape index (κ1) is 22.9. The molecule has 29 heavy (non-hydrogen) atoms. The molecule has 0 radical (unpaired) electrons. The van der Waals surface area contributed by atoms with Gasteiger partial charge >= 0.3 is 12.2 Å². The number of carbonyl (C=O) groups excluding carboxylic acids is 2. The van der Waals surface area contributed by atoms with E-state index in [9.17, 15) is 9.59 Å². The van der Waals surface area contributed by atoms with Gasteiger partial charge in [-0.1, -0.05) is 75.4 Å². The van der Waals surface area contributed by atoms with Gasteiger partial charge in [0.15, 0.2) is 0 Å². The molecule has 2 amide bonds. The molecule has 0 aliphatic rings. The van der Waals surface area contributed by atoms with Crippen molar-refractivity contribution in [2.45, 2.75) is 45.4 Å². The minimum absolute atomic E-state index is 0.389. The van der Waals surface area contributed by atoms with E-state index in [-0.39, 0.29) is 0 Å². The number of fused-ring (bicyclic) bond motifs is 1. The number of amides is 2. The van der Waals surface area contributed by atoms with E-state index in [1.54, 1.807) is 20.2 Å². The van der Waals surface area contributed by atoms with Gasteiger partial charge < -0.3 is 9.47 Å². The lowest BCUT2D eigenvalue weighted by Crippen LogP contribution is -2.31. The molecule has 2 aromatic rings. The SMILES string of the molecule is CCCCCCCCOC(=O)N(C)SN(C)C(=O)Oc1cccc2ccccc12. The first-order chi connectivity index (χ1) is 14.0. The molecule has 0 saturated carbocycles. The van der Waals surface area contributed by atoms with Gasteiger partial charge in [0.1, 0.15) is 5.75 Å². The fourth-order valence-corrected chi connectivity index (χ4v) is 3.42. The summed E-state index contributed by atoms with van der Waals surface area (Å²) in [5.74, 6) is 0.480. The Hall–Kier alpha value is -2.41. The second-order valence-electron chi connectivity index (χ2n) is 6.80. The standard InChI is InChI=1S/C22H30N2O4S/c1-4-5-6-7-8-11-17-27-21(25)23(2)29-24(3)22(26)28-20-16-12-14-18-13-9-10-15-19(18)20/h9-10,12-16H,4-8,11,17H2,1-3H3. The summed E-state index contributed by atoms with van der Waals surface area (Å²) in [7, 11) is 3.12. The van der Waals surface area contributed by atoms with Gasteiger partial charge in [-0.15, -0.1) is 0 Å². The maximum absolute atomic E-state index is 12.4. The van der Waals surface area contributed by atoms with Gasteiger partial charge in [-0.3, -0.25) is 0 Å². The van der Waals surface area contributed by atoms with Crippen LogP contribution in [-0.2, 0) is 4.74 Å². The lowest BCUT2D eigenvalue weighted by Gasteiger charge is -2.21. The maximum atomic E-state index is 12.4. The Kier molecular flexibility index (Phi) is 9.64. The molecule has 0 aromatic heterocycles. The Morgan fingerprint density at radius 3 is 2.31 bits per heavy atom. The van der Waals surface area contributed by atoms with Crippen LogP contribution < -0.4 is 4.74 Å². The molecule has 0 spiro atoms. The second-order valence-corrected chi connectivity index (χ2v) is 8.06. The van der Waals surface area contributed by atoms with E-state index in [0.29, 0.717) is 12.4 Å². The number of unbranched alkanes of at least 4 members (excludes halogenated alkanes) is 5. The number of rotatable bonds is 10. The monoisotopic (exact) mass is 418 g/mol. The van der Waals surface area contributed by atoms with Crippen LogP contribution in [0.4, 0.5) is 9.59 Å². The number of carbonyl (C=O) groups is 2. The molecule has 0 aliphatic heterocycles. The van der Waals surface area contributed by atoms with Crippen LogP contribution in [0.3, 0.4) is 0 Å². The zero-order valence-electron chi connectivity index (χ0n) is 17.4. The Labute approximate surface area is 177 Å². The molecule has 158 valence electrons. The van der Waals surface area contributed by atoms with Crippen molar-refractivity contribution in [3.8, 4) is 5.75 Å². The average molecular weight is 419 g/mol. The van der Waals surface area contributed by atoms with Gasteiger partial charge in [0, 0.05) is 19.5 Å². The van der Waals surface area contributed by atoms with Gasteiger partial charge in [-0.2, -0.15) is 0 Å². The van der Waals surface area contributed by atoms with E-state index in [1.807, 2.05) is 36.4 Å². The second kappa shape index (κ2) is 12.2. The van der Waals surface area contributed by atoms with Crippen molar-refractivity contribution in [1.29, 1.82) is 0 Å². The fraction of sp³-hybridized carbons (Fsp3) is 0.455. The Bertz CT molecular complexity index is 794. The Morgan fingerprint density at radius 1 is 0.862 bits per heavy atom. The van der Waals surface area contributed by atoms with E-state index in [2.05, 4.69) is 6.92 Å². The van der Waals surface area contributed by atoms with Crippen LogP contribution in [0.15, 0.2) is 42.5 Å². The van der Waals surface area contributed by atoms with Crippen molar-refractivity contribution in [3.05, 3.63) is 42.5 Å². The zero-order valence-corrected chi connectivity index (χ0v) is 18.2. The molecule has 7 heteroatoms. The van der Waals surface area contributed by atoms with Gasteiger partial charge in [0.2, 0.25) is 0 Å². The minimum Gasteiger partial charge on any atom is -0.449 e. The molecular weight excluding hydrogens is 388 g/mol. The molecule has 0 aliphatic carbocycles. The summed E-state index contributed by atoms with van der Waals surface area (Å²) in [6.45, 7) is 2.57. The summed E-state index contributed by atoms with van der Waals surface area (Å²) in [5.41, 5.74) is 0.